The van der Waals surface area contributed by atoms with E-state index in [1.807, 2.05) is 19.1 Å². The maximum Gasteiger partial charge on any atom is 0.263 e. The number of carbonyl (C=O) groups excluding carboxylic acids is 2. The van der Waals surface area contributed by atoms with E-state index in [1.54, 1.807) is 4.90 Å². The number of likely N-dealkylation sites (tertiary alicyclic amines) is 1. The zero-order valence-corrected chi connectivity index (χ0v) is 14.3. The van der Waals surface area contributed by atoms with Crippen LogP contribution in [0.15, 0.2) is 18.2 Å². The zero-order valence-electron chi connectivity index (χ0n) is 14.3. The van der Waals surface area contributed by atoms with Gasteiger partial charge >= 0.3 is 0 Å². The molecule has 5 heteroatoms. The Bertz CT molecular complexity index is 621. The number of nitrogens with two attached hydrogens (primary N) is 1. The van der Waals surface area contributed by atoms with Crippen LogP contribution in [0.3, 0.4) is 0 Å². The van der Waals surface area contributed by atoms with Crippen molar-refractivity contribution in [2.75, 3.05) is 13.1 Å². The quantitative estimate of drug-likeness (QED) is 0.918. The second-order valence-corrected chi connectivity index (χ2v) is 6.86. The fraction of sp³-hybridized carbons (Fsp3) is 0.579. The van der Waals surface area contributed by atoms with E-state index in [0.29, 0.717) is 25.9 Å². The van der Waals surface area contributed by atoms with E-state index in [9.17, 15) is 9.59 Å². The number of fused-ring (bicyclic) bond motifs is 1. The Morgan fingerprint density at radius 2 is 1.92 bits per heavy atom. The molecule has 0 aromatic heterocycles. The number of aryl methyl sites for hydroxylation is 1. The lowest BCUT2D eigenvalue weighted by molar-refractivity contribution is -0.140. The molecule has 0 spiro atoms. The van der Waals surface area contributed by atoms with Crippen LogP contribution in [-0.4, -0.2) is 35.9 Å². The van der Waals surface area contributed by atoms with Crippen molar-refractivity contribution in [2.24, 2.45) is 11.7 Å². The van der Waals surface area contributed by atoms with Gasteiger partial charge in [0.2, 0.25) is 5.91 Å². The molecule has 1 atom stereocenters. The number of amides is 2. The Labute approximate surface area is 143 Å². The van der Waals surface area contributed by atoms with Crippen molar-refractivity contribution < 1.29 is 14.3 Å². The van der Waals surface area contributed by atoms with Crippen LogP contribution in [0, 0.1) is 5.92 Å². The van der Waals surface area contributed by atoms with Crippen molar-refractivity contribution in [1.82, 2.24) is 4.90 Å². The van der Waals surface area contributed by atoms with E-state index in [2.05, 4.69) is 6.07 Å². The molecule has 1 fully saturated rings. The van der Waals surface area contributed by atoms with Gasteiger partial charge in [-0.15, -0.1) is 0 Å². The fourth-order valence-corrected chi connectivity index (χ4v) is 3.74. The van der Waals surface area contributed by atoms with Crippen LogP contribution in [0.4, 0.5) is 0 Å². The molecule has 2 aliphatic rings. The highest BCUT2D eigenvalue weighted by atomic mass is 16.5. The first-order valence-electron chi connectivity index (χ1n) is 8.92. The minimum atomic E-state index is -0.511. The minimum Gasteiger partial charge on any atom is -0.481 e. The lowest BCUT2D eigenvalue weighted by Crippen LogP contribution is -2.46. The van der Waals surface area contributed by atoms with E-state index in [-0.39, 0.29) is 17.7 Å². The maximum absolute atomic E-state index is 12.6. The van der Waals surface area contributed by atoms with E-state index >= 15 is 0 Å². The van der Waals surface area contributed by atoms with E-state index in [4.69, 9.17) is 10.5 Å². The molecule has 1 aliphatic carbocycles. The molecule has 0 bridgehead atoms. The predicted molar refractivity (Wildman–Crippen MR) is 91.7 cm³/mol. The summed E-state index contributed by atoms with van der Waals surface area (Å²) in [5.74, 6) is 0.472. The van der Waals surface area contributed by atoms with Crippen LogP contribution in [0.1, 0.15) is 43.7 Å². The topological polar surface area (TPSA) is 72.6 Å². The molecule has 1 aromatic carbocycles. The number of ether oxygens (including phenoxy) is 1. The molecule has 24 heavy (non-hydrogen) atoms. The Morgan fingerprint density at radius 1 is 1.21 bits per heavy atom. The summed E-state index contributed by atoms with van der Waals surface area (Å²) in [4.78, 5) is 25.7. The average Bonchev–Trinajstić information content (AvgIpc) is 2.61. The molecule has 2 N–H and O–H groups in total. The van der Waals surface area contributed by atoms with Crippen molar-refractivity contribution in [3.05, 3.63) is 29.3 Å². The van der Waals surface area contributed by atoms with Crippen molar-refractivity contribution in [3.8, 4) is 5.75 Å². The van der Waals surface area contributed by atoms with Crippen molar-refractivity contribution in [2.45, 2.75) is 51.6 Å². The van der Waals surface area contributed by atoms with Gasteiger partial charge in [-0.2, -0.15) is 0 Å². The van der Waals surface area contributed by atoms with E-state index < -0.39 is 6.10 Å². The minimum absolute atomic E-state index is 0.00803. The number of hydrogen-bond donors (Lipinski definition) is 1. The summed E-state index contributed by atoms with van der Waals surface area (Å²) in [6.45, 7) is 2.96. The summed E-state index contributed by atoms with van der Waals surface area (Å²) in [6, 6.07) is 6.13. The van der Waals surface area contributed by atoms with Crippen LogP contribution in [0.5, 0.6) is 5.75 Å². The summed E-state index contributed by atoms with van der Waals surface area (Å²) in [6.07, 6.45) is 5.30. The number of carbonyl (C=O) groups is 2. The Balaban J connectivity index is 1.62. The molecule has 1 aliphatic heterocycles. The van der Waals surface area contributed by atoms with Crippen LogP contribution in [0.2, 0.25) is 0 Å². The van der Waals surface area contributed by atoms with Crippen molar-refractivity contribution in [1.29, 1.82) is 0 Å². The highest BCUT2D eigenvalue weighted by molar-refractivity contribution is 5.82. The fourth-order valence-electron chi connectivity index (χ4n) is 3.74. The lowest BCUT2D eigenvalue weighted by atomic mass is 9.91. The SMILES string of the molecule is C[C@H](Oc1cccc2c1CCCC2)C(=O)N1CCC(C(N)=O)CC1. The zero-order chi connectivity index (χ0) is 17.1. The summed E-state index contributed by atoms with van der Waals surface area (Å²) in [5, 5.41) is 0. The molecule has 1 saturated heterocycles. The summed E-state index contributed by atoms with van der Waals surface area (Å²) in [5.41, 5.74) is 7.96. The average molecular weight is 330 g/mol. The molecule has 0 saturated carbocycles. The summed E-state index contributed by atoms with van der Waals surface area (Å²) < 4.78 is 6.02. The summed E-state index contributed by atoms with van der Waals surface area (Å²) >= 11 is 0. The number of nitrogens with zero attached hydrogens (tertiary/aromatic N) is 1. The van der Waals surface area contributed by atoms with Crippen LogP contribution in [0.25, 0.3) is 0 Å². The molecule has 1 aromatic rings. The van der Waals surface area contributed by atoms with Gasteiger partial charge in [-0.25, -0.2) is 0 Å². The molecular weight excluding hydrogens is 304 g/mol. The maximum atomic E-state index is 12.6. The first kappa shape index (κ1) is 16.8. The summed E-state index contributed by atoms with van der Waals surface area (Å²) in [7, 11) is 0. The van der Waals surface area contributed by atoms with E-state index in [0.717, 1.165) is 18.6 Å². The highest BCUT2D eigenvalue weighted by Crippen LogP contribution is 2.30. The normalized spacial score (nSPS) is 19.5. The molecular formula is C19H26N2O3. The number of rotatable bonds is 4. The third kappa shape index (κ3) is 3.55. The monoisotopic (exact) mass is 330 g/mol. The smallest absolute Gasteiger partial charge is 0.263 e. The van der Waals surface area contributed by atoms with Gasteiger partial charge in [0.25, 0.3) is 5.91 Å². The number of primary amides is 1. The van der Waals surface area contributed by atoms with E-state index in [1.165, 1.54) is 24.0 Å². The number of benzene rings is 1. The Kier molecular flexibility index (Phi) is 5.07. The molecule has 0 unspecified atom stereocenters. The van der Waals surface area contributed by atoms with Gasteiger partial charge < -0.3 is 15.4 Å². The predicted octanol–water partition coefficient (Wildman–Crippen LogP) is 2.06. The second-order valence-electron chi connectivity index (χ2n) is 6.86. The van der Waals surface area contributed by atoms with Gasteiger partial charge in [-0.05, 0) is 62.6 Å². The van der Waals surface area contributed by atoms with Gasteiger partial charge in [-0.3, -0.25) is 9.59 Å². The van der Waals surface area contributed by atoms with Crippen LogP contribution >= 0.6 is 0 Å². The molecule has 5 nitrogen and oxygen atoms in total. The second kappa shape index (κ2) is 7.24. The molecule has 1 heterocycles. The van der Waals surface area contributed by atoms with Crippen molar-refractivity contribution in [3.63, 3.8) is 0 Å². The largest absolute Gasteiger partial charge is 0.481 e. The van der Waals surface area contributed by atoms with Gasteiger partial charge in [-0.1, -0.05) is 12.1 Å². The van der Waals surface area contributed by atoms with Gasteiger partial charge in [0, 0.05) is 19.0 Å². The van der Waals surface area contributed by atoms with Crippen molar-refractivity contribution >= 4 is 11.8 Å². The lowest BCUT2D eigenvalue weighted by Gasteiger charge is -2.32. The highest BCUT2D eigenvalue weighted by Gasteiger charge is 2.29. The molecule has 3 rings (SSSR count). The Morgan fingerprint density at radius 3 is 2.62 bits per heavy atom. The molecule has 130 valence electrons. The molecule has 0 radical (unpaired) electrons. The number of piperidine rings is 1. The Hall–Kier alpha value is -2.04. The first-order chi connectivity index (χ1) is 11.6. The standard InChI is InChI=1S/C19H26N2O3/c1-13(19(23)21-11-9-15(10-12-21)18(20)22)24-17-8-4-6-14-5-2-3-7-16(14)17/h4,6,8,13,15H,2-3,5,7,9-12H2,1H3,(H2,20,22)/t13-/m0/s1. The third-order valence-corrected chi connectivity index (χ3v) is 5.21. The molecule has 2 amide bonds. The van der Waals surface area contributed by atoms with Crippen LogP contribution in [-0.2, 0) is 22.4 Å². The third-order valence-electron chi connectivity index (χ3n) is 5.21. The first-order valence-corrected chi connectivity index (χ1v) is 8.92. The van der Waals surface area contributed by atoms with Gasteiger partial charge in [0.15, 0.2) is 6.10 Å². The number of hydrogen-bond acceptors (Lipinski definition) is 3. The van der Waals surface area contributed by atoms with Gasteiger partial charge in [0.05, 0.1) is 0 Å². The van der Waals surface area contributed by atoms with Gasteiger partial charge in [0.1, 0.15) is 5.75 Å². The van der Waals surface area contributed by atoms with Crippen LogP contribution < -0.4 is 10.5 Å².